The topological polar surface area (TPSA) is 56.1 Å². The van der Waals surface area contributed by atoms with Crippen molar-refractivity contribution < 1.29 is 9.53 Å². The Balaban J connectivity index is 1.47. The first kappa shape index (κ1) is 15.4. The summed E-state index contributed by atoms with van der Waals surface area (Å²) in [6.45, 7) is 7.29. The molecule has 0 radical (unpaired) electrons. The Kier molecular flexibility index (Phi) is 3.91. The van der Waals surface area contributed by atoms with Gasteiger partial charge in [0.05, 0.1) is 6.33 Å². The van der Waals surface area contributed by atoms with Crippen molar-refractivity contribution in [1.82, 2.24) is 14.9 Å². The largest absolute Gasteiger partial charge is 0.444 e. The molecule has 3 rings (SSSR count). The minimum absolute atomic E-state index is 0.352. The Labute approximate surface area is 132 Å². The van der Waals surface area contributed by atoms with Gasteiger partial charge in [0.15, 0.2) is 0 Å². The molecule has 0 atom stereocenters. The molecule has 5 heteroatoms. The third-order valence-corrected chi connectivity index (χ3v) is 4.67. The second-order valence-electron chi connectivity index (χ2n) is 7.83. The molecule has 0 spiro atoms. The molecule has 1 aromatic heterocycles. The van der Waals surface area contributed by atoms with E-state index in [9.17, 15) is 4.79 Å². The van der Waals surface area contributed by atoms with Crippen molar-refractivity contribution in [1.29, 1.82) is 0 Å². The molecule has 5 nitrogen and oxygen atoms in total. The smallest absolute Gasteiger partial charge is 0.407 e. The maximum Gasteiger partial charge on any atom is 0.407 e. The van der Waals surface area contributed by atoms with Gasteiger partial charge in [-0.25, -0.2) is 9.78 Å². The third kappa shape index (κ3) is 3.81. The van der Waals surface area contributed by atoms with Gasteiger partial charge in [0.2, 0.25) is 0 Å². The van der Waals surface area contributed by atoms with Crippen LogP contribution in [0, 0.1) is 11.3 Å². The molecule has 122 valence electrons. The summed E-state index contributed by atoms with van der Waals surface area (Å²) < 4.78 is 7.53. The Morgan fingerprint density at radius 2 is 2.18 bits per heavy atom. The summed E-state index contributed by atoms with van der Waals surface area (Å²) in [5.74, 6) is 0.947. The van der Waals surface area contributed by atoms with Gasteiger partial charge in [-0.15, -0.1) is 0 Å². The normalized spacial score (nSPS) is 19.8. The number of carbonyl (C=O) groups is 1. The first-order valence-corrected chi connectivity index (χ1v) is 8.34. The van der Waals surface area contributed by atoms with Crippen molar-refractivity contribution in [2.75, 3.05) is 6.54 Å². The highest BCUT2D eigenvalue weighted by molar-refractivity contribution is 5.67. The van der Waals surface area contributed by atoms with E-state index in [0.29, 0.717) is 12.0 Å². The fraction of sp³-hybridized carbons (Fsp3) is 0.765. The molecule has 22 heavy (non-hydrogen) atoms. The highest BCUT2D eigenvalue weighted by Crippen LogP contribution is 2.62. The molecule has 2 fully saturated rings. The molecule has 1 aromatic rings. The summed E-state index contributed by atoms with van der Waals surface area (Å²) in [5.41, 5.74) is 1.31. The zero-order chi connectivity index (χ0) is 15.8. The molecular weight excluding hydrogens is 278 g/mol. The van der Waals surface area contributed by atoms with E-state index < -0.39 is 5.60 Å². The van der Waals surface area contributed by atoms with Crippen LogP contribution >= 0.6 is 0 Å². The molecule has 0 aliphatic heterocycles. The van der Waals surface area contributed by atoms with Crippen LogP contribution in [0.3, 0.4) is 0 Å². The van der Waals surface area contributed by atoms with Crippen LogP contribution < -0.4 is 5.32 Å². The molecule has 0 aromatic carbocycles. The number of hydrogen-bond donors (Lipinski definition) is 1. The van der Waals surface area contributed by atoms with Gasteiger partial charge in [-0.05, 0) is 57.8 Å². The number of ether oxygens (including phenoxy) is 1. The fourth-order valence-electron chi connectivity index (χ4n) is 3.20. The average molecular weight is 305 g/mol. The maximum atomic E-state index is 11.7. The summed E-state index contributed by atoms with van der Waals surface area (Å²) in [4.78, 5) is 15.9. The molecule has 2 saturated carbocycles. The Hall–Kier alpha value is -1.52. The number of hydrogen-bond acceptors (Lipinski definition) is 3. The number of aromatic nitrogens is 2. The second kappa shape index (κ2) is 5.60. The van der Waals surface area contributed by atoms with Gasteiger partial charge in [-0.2, -0.15) is 0 Å². The lowest BCUT2D eigenvalue weighted by Gasteiger charge is -2.20. The first-order chi connectivity index (χ1) is 10.4. The number of nitrogens with zero attached hydrogens (tertiary/aromatic N) is 2. The number of rotatable bonds is 6. The molecule has 0 saturated heterocycles. The lowest BCUT2D eigenvalue weighted by atomic mass is 10.0. The van der Waals surface area contributed by atoms with Crippen molar-refractivity contribution in [3.63, 3.8) is 0 Å². The van der Waals surface area contributed by atoms with Crippen molar-refractivity contribution in [2.24, 2.45) is 11.3 Å². The van der Waals surface area contributed by atoms with Crippen LogP contribution in [0.25, 0.3) is 0 Å². The van der Waals surface area contributed by atoms with Gasteiger partial charge in [0, 0.05) is 31.4 Å². The van der Waals surface area contributed by atoms with Crippen LogP contribution in [0.4, 0.5) is 4.79 Å². The Morgan fingerprint density at radius 1 is 1.45 bits per heavy atom. The lowest BCUT2D eigenvalue weighted by molar-refractivity contribution is 0.0528. The van der Waals surface area contributed by atoms with Gasteiger partial charge in [0.1, 0.15) is 5.60 Å². The van der Waals surface area contributed by atoms with Crippen LogP contribution in [0.5, 0.6) is 0 Å². The summed E-state index contributed by atoms with van der Waals surface area (Å²) >= 11 is 0. The maximum absolute atomic E-state index is 11.7. The van der Waals surface area contributed by atoms with Crippen LogP contribution in [0.15, 0.2) is 12.5 Å². The highest BCUT2D eigenvalue weighted by atomic mass is 16.6. The van der Waals surface area contributed by atoms with E-state index in [-0.39, 0.29) is 6.09 Å². The summed E-state index contributed by atoms with van der Waals surface area (Å²) in [6, 6.07) is 0. The predicted octanol–water partition coefficient (Wildman–Crippen LogP) is 3.14. The number of nitrogens with one attached hydrogen (secondary N) is 1. The second-order valence-corrected chi connectivity index (χ2v) is 7.83. The van der Waals surface area contributed by atoms with E-state index in [4.69, 9.17) is 4.74 Å². The van der Waals surface area contributed by atoms with Crippen LogP contribution in [-0.2, 0) is 17.7 Å². The molecule has 0 bridgehead atoms. The third-order valence-electron chi connectivity index (χ3n) is 4.67. The molecule has 2 aliphatic carbocycles. The Morgan fingerprint density at radius 3 is 2.77 bits per heavy atom. The van der Waals surface area contributed by atoms with Crippen molar-refractivity contribution >= 4 is 6.09 Å². The van der Waals surface area contributed by atoms with E-state index in [0.717, 1.165) is 18.9 Å². The number of carbonyl (C=O) groups excluding carboxylic acids is 1. The van der Waals surface area contributed by atoms with Crippen molar-refractivity contribution in [2.45, 2.75) is 65.0 Å². The zero-order valence-electron chi connectivity index (χ0n) is 13.9. The van der Waals surface area contributed by atoms with Crippen LogP contribution in [0.2, 0.25) is 0 Å². The summed E-state index contributed by atoms with van der Waals surface area (Å²) in [5, 5.41) is 2.82. The molecular formula is C17H27N3O2. The number of alkyl carbamates (subject to hydrolysis) is 1. The van der Waals surface area contributed by atoms with E-state index in [1.807, 2.05) is 33.3 Å². The van der Waals surface area contributed by atoms with Crippen LogP contribution in [0.1, 0.15) is 52.1 Å². The van der Waals surface area contributed by atoms with E-state index in [1.54, 1.807) is 0 Å². The molecule has 2 aliphatic rings. The monoisotopic (exact) mass is 305 g/mol. The SMILES string of the molecule is CC(C)(C)OC(=O)NCCc1cncn1CC1(C2CC2)CC1. The molecule has 0 unspecified atom stereocenters. The Bertz CT molecular complexity index is 536. The van der Waals surface area contributed by atoms with Gasteiger partial charge >= 0.3 is 6.09 Å². The average Bonchev–Trinajstić information content (AvgIpc) is 3.28. The van der Waals surface area contributed by atoms with Crippen molar-refractivity contribution in [3.8, 4) is 0 Å². The van der Waals surface area contributed by atoms with Gasteiger partial charge in [-0.1, -0.05) is 0 Å². The standard InChI is InChI=1S/C17H27N3O2/c1-16(2,3)22-15(21)19-9-6-14-10-18-12-20(14)11-17(7-8-17)13-4-5-13/h10,12-13H,4-9,11H2,1-3H3,(H,19,21). The summed E-state index contributed by atoms with van der Waals surface area (Å²) in [6.07, 6.45) is 9.84. The number of imidazole rings is 1. The quantitative estimate of drug-likeness (QED) is 0.878. The zero-order valence-corrected chi connectivity index (χ0v) is 13.9. The van der Waals surface area contributed by atoms with E-state index in [1.165, 1.54) is 31.4 Å². The predicted molar refractivity (Wildman–Crippen MR) is 84.6 cm³/mol. The molecule has 1 heterocycles. The van der Waals surface area contributed by atoms with Crippen molar-refractivity contribution in [3.05, 3.63) is 18.2 Å². The minimum Gasteiger partial charge on any atom is -0.444 e. The number of amides is 1. The van der Waals surface area contributed by atoms with E-state index in [2.05, 4.69) is 14.9 Å². The minimum atomic E-state index is -0.450. The van der Waals surface area contributed by atoms with Gasteiger partial charge in [0.25, 0.3) is 0 Å². The summed E-state index contributed by atoms with van der Waals surface area (Å²) in [7, 11) is 0. The van der Waals surface area contributed by atoms with Gasteiger partial charge in [-0.3, -0.25) is 0 Å². The molecule has 1 N–H and O–H groups in total. The molecule has 1 amide bonds. The highest BCUT2D eigenvalue weighted by Gasteiger charge is 2.53. The fourth-order valence-corrected chi connectivity index (χ4v) is 3.20. The van der Waals surface area contributed by atoms with E-state index >= 15 is 0 Å². The first-order valence-electron chi connectivity index (χ1n) is 8.34. The lowest BCUT2D eigenvalue weighted by Crippen LogP contribution is -2.33. The van der Waals surface area contributed by atoms with Crippen LogP contribution in [-0.4, -0.2) is 27.8 Å². The van der Waals surface area contributed by atoms with Gasteiger partial charge < -0.3 is 14.6 Å².